The Kier molecular flexibility index (Phi) is 3.22. The molecule has 3 heterocycles. The van der Waals surface area contributed by atoms with Crippen LogP contribution in [0.1, 0.15) is 12.5 Å². The van der Waals surface area contributed by atoms with Gasteiger partial charge in [-0.15, -0.1) is 0 Å². The highest BCUT2D eigenvalue weighted by molar-refractivity contribution is 6.08. The lowest BCUT2D eigenvalue weighted by Gasteiger charge is -2.32. The number of quaternary nitrogens is 1. The number of hydrogen-bond donors (Lipinski definition) is 2. The molecule has 0 bridgehead atoms. The third kappa shape index (κ3) is 2.13. The zero-order chi connectivity index (χ0) is 15.1. The molecule has 1 saturated heterocycles. The van der Waals surface area contributed by atoms with Gasteiger partial charge in [-0.2, -0.15) is 0 Å². The Morgan fingerprint density at radius 1 is 1.23 bits per heavy atom. The lowest BCUT2D eigenvalue weighted by Crippen LogP contribution is -3.14. The summed E-state index contributed by atoms with van der Waals surface area (Å²) in [5.41, 5.74) is 4.51. The first-order chi connectivity index (χ1) is 10.8. The molecule has 3 aromatic rings. The second-order valence-electron chi connectivity index (χ2n) is 6.19. The van der Waals surface area contributed by atoms with Crippen molar-refractivity contribution >= 4 is 27.8 Å². The molecular formula is C17H22N5+. The predicted molar refractivity (Wildman–Crippen MR) is 89.6 cm³/mol. The lowest BCUT2D eigenvalue weighted by atomic mass is 10.2. The molecule has 1 fully saturated rings. The van der Waals surface area contributed by atoms with Gasteiger partial charge in [0, 0.05) is 10.9 Å². The molecule has 0 spiro atoms. The third-order valence-electron chi connectivity index (χ3n) is 4.79. The highest BCUT2D eigenvalue weighted by atomic mass is 15.3. The van der Waals surface area contributed by atoms with Crippen molar-refractivity contribution in [3.63, 3.8) is 0 Å². The number of likely N-dealkylation sites (N-methyl/N-ethyl adjacent to an activating group) is 1. The summed E-state index contributed by atoms with van der Waals surface area (Å²) in [7, 11) is 0. The maximum Gasteiger partial charge on any atom is 0.156 e. The molecule has 0 amide bonds. The van der Waals surface area contributed by atoms with Crippen molar-refractivity contribution in [3.8, 4) is 0 Å². The Morgan fingerprint density at radius 3 is 2.82 bits per heavy atom. The molecule has 1 aliphatic heterocycles. The number of aromatic amines is 1. The maximum absolute atomic E-state index is 4.57. The van der Waals surface area contributed by atoms with Gasteiger partial charge in [0.25, 0.3) is 0 Å². The van der Waals surface area contributed by atoms with Crippen molar-refractivity contribution in [2.45, 2.75) is 13.8 Å². The van der Waals surface area contributed by atoms with Crippen molar-refractivity contribution in [2.24, 2.45) is 0 Å². The molecule has 0 unspecified atom stereocenters. The van der Waals surface area contributed by atoms with E-state index in [1.165, 1.54) is 30.6 Å². The number of nitrogens with zero attached hydrogens (tertiary/aromatic N) is 3. The molecule has 0 atom stereocenters. The zero-order valence-corrected chi connectivity index (χ0v) is 13.2. The van der Waals surface area contributed by atoms with Crippen LogP contribution < -0.4 is 9.80 Å². The second kappa shape index (κ2) is 5.25. The van der Waals surface area contributed by atoms with Gasteiger partial charge >= 0.3 is 0 Å². The molecule has 2 aromatic heterocycles. The van der Waals surface area contributed by atoms with Crippen molar-refractivity contribution < 1.29 is 4.90 Å². The topological polar surface area (TPSA) is 49.2 Å². The Balaban J connectivity index is 1.80. The Labute approximate surface area is 130 Å². The SMILES string of the molecule is CC[NH+]1CCN(c2ncnc3c2[nH]c2cc(C)ccc23)CC1. The minimum atomic E-state index is 1.03. The fourth-order valence-corrected chi connectivity index (χ4v) is 3.43. The van der Waals surface area contributed by atoms with E-state index in [0.29, 0.717) is 0 Å². The van der Waals surface area contributed by atoms with Crippen LogP contribution in [0.3, 0.4) is 0 Å². The average molecular weight is 296 g/mol. The summed E-state index contributed by atoms with van der Waals surface area (Å²) in [6.07, 6.45) is 1.70. The molecule has 2 N–H and O–H groups in total. The summed E-state index contributed by atoms with van der Waals surface area (Å²) in [4.78, 5) is 16.7. The number of H-pyrrole nitrogens is 1. The van der Waals surface area contributed by atoms with Crippen LogP contribution in [0.25, 0.3) is 21.9 Å². The number of rotatable bonds is 2. The molecule has 5 heteroatoms. The first kappa shape index (κ1) is 13.5. The summed E-state index contributed by atoms with van der Waals surface area (Å²) in [5, 5.41) is 1.18. The van der Waals surface area contributed by atoms with Crippen molar-refractivity contribution in [1.82, 2.24) is 15.0 Å². The largest absolute Gasteiger partial charge is 0.350 e. The molecule has 1 aromatic carbocycles. The van der Waals surface area contributed by atoms with E-state index >= 15 is 0 Å². The number of nitrogens with one attached hydrogen (secondary N) is 2. The van der Waals surface area contributed by atoms with Crippen molar-refractivity contribution in [1.29, 1.82) is 0 Å². The standard InChI is InChI=1S/C17H21N5/c1-3-21-6-8-22(9-7-21)17-16-15(18-11-19-17)13-5-4-12(2)10-14(13)20-16/h4-5,10-11,20H,3,6-9H2,1-2H3/p+1. The van der Waals surface area contributed by atoms with E-state index in [2.05, 4.69) is 51.9 Å². The predicted octanol–water partition coefficient (Wildman–Crippen LogP) is 1.14. The Bertz CT molecular complexity index is 814. The van der Waals surface area contributed by atoms with Gasteiger partial charge in [-0.1, -0.05) is 12.1 Å². The average Bonchev–Trinajstić information content (AvgIpc) is 2.92. The summed E-state index contributed by atoms with van der Waals surface area (Å²) >= 11 is 0. The van der Waals surface area contributed by atoms with Crippen molar-refractivity contribution in [3.05, 3.63) is 30.1 Å². The van der Waals surface area contributed by atoms with Crippen LogP contribution >= 0.6 is 0 Å². The summed E-state index contributed by atoms with van der Waals surface area (Å²) in [6.45, 7) is 10.1. The summed E-state index contributed by atoms with van der Waals surface area (Å²) < 4.78 is 0. The monoisotopic (exact) mass is 296 g/mol. The molecule has 114 valence electrons. The van der Waals surface area contributed by atoms with E-state index < -0.39 is 0 Å². The number of benzene rings is 1. The fraction of sp³-hybridized carbons (Fsp3) is 0.412. The highest BCUT2D eigenvalue weighted by Crippen LogP contribution is 2.29. The molecule has 22 heavy (non-hydrogen) atoms. The molecule has 1 aliphatic rings. The first-order valence-electron chi connectivity index (χ1n) is 8.08. The van der Waals surface area contributed by atoms with Gasteiger partial charge in [-0.05, 0) is 25.5 Å². The molecule has 0 radical (unpaired) electrons. The van der Waals surface area contributed by atoms with Crippen LogP contribution in [-0.4, -0.2) is 47.7 Å². The van der Waals surface area contributed by atoms with E-state index in [1.807, 2.05) is 0 Å². The van der Waals surface area contributed by atoms with E-state index in [-0.39, 0.29) is 0 Å². The normalized spacial score (nSPS) is 16.7. The van der Waals surface area contributed by atoms with Crippen molar-refractivity contribution in [2.75, 3.05) is 37.6 Å². The number of hydrogen-bond acceptors (Lipinski definition) is 3. The molecule has 0 aliphatic carbocycles. The number of anilines is 1. The van der Waals surface area contributed by atoms with Gasteiger partial charge in [0.15, 0.2) is 5.82 Å². The molecule has 0 saturated carbocycles. The van der Waals surface area contributed by atoms with E-state index in [0.717, 1.165) is 35.5 Å². The number of aryl methyl sites for hydroxylation is 1. The van der Waals surface area contributed by atoms with Gasteiger partial charge < -0.3 is 14.8 Å². The molecular weight excluding hydrogens is 274 g/mol. The smallest absolute Gasteiger partial charge is 0.156 e. The quantitative estimate of drug-likeness (QED) is 0.746. The fourth-order valence-electron chi connectivity index (χ4n) is 3.43. The van der Waals surface area contributed by atoms with Crippen LogP contribution in [0.2, 0.25) is 0 Å². The van der Waals surface area contributed by atoms with Crippen LogP contribution in [0.4, 0.5) is 5.82 Å². The zero-order valence-electron chi connectivity index (χ0n) is 13.2. The lowest BCUT2D eigenvalue weighted by molar-refractivity contribution is -0.898. The van der Waals surface area contributed by atoms with Crippen LogP contribution in [0.5, 0.6) is 0 Å². The van der Waals surface area contributed by atoms with Crippen LogP contribution in [0.15, 0.2) is 24.5 Å². The highest BCUT2D eigenvalue weighted by Gasteiger charge is 2.22. The second-order valence-corrected chi connectivity index (χ2v) is 6.19. The minimum absolute atomic E-state index is 1.03. The van der Waals surface area contributed by atoms with Gasteiger partial charge in [0.2, 0.25) is 0 Å². The summed E-state index contributed by atoms with van der Waals surface area (Å²) in [6, 6.07) is 6.47. The number of fused-ring (bicyclic) bond motifs is 3. The molecule has 5 nitrogen and oxygen atoms in total. The van der Waals surface area contributed by atoms with E-state index in [4.69, 9.17) is 0 Å². The van der Waals surface area contributed by atoms with Crippen LogP contribution in [0, 0.1) is 6.92 Å². The van der Waals surface area contributed by atoms with E-state index in [9.17, 15) is 0 Å². The molecule has 4 rings (SSSR count). The number of aromatic nitrogens is 3. The number of piperazine rings is 1. The minimum Gasteiger partial charge on any atom is -0.350 e. The van der Waals surface area contributed by atoms with Crippen LogP contribution in [-0.2, 0) is 0 Å². The van der Waals surface area contributed by atoms with Gasteiger partial charge in [0.1, 0.15) is 17.4 Å². The third-order valence-corrected chi connectivity index (χ3v) is 4.79. The van der Waals surface area contributed by atoms with Gasteiger partial charge in [-0.25, -0.2) is 9.97 Å². The van der Waals surface area contributed by atoms with E-state index in [1.54, 1.807) is 11.2 Å². The first-order valence-corrected chi connectivity index (χ1v) is 8.08. The Morgan fingerprint density at radius 2 is 2.05 bits per heavy atom. The maximum atomic E-state index is 4.57. The Hall–Kier alpha value is -2.14. The summed E-state index contributed by atoms with van der Waals surface area (Å²) in [5.74, 6) is 1.05. The van der Waals surface area contributed by atoms with Gasteiger partial charge in [-0.3, -0.25) is 0 Å². The van der Waals surface area contributed by atoms with Gasteiger partial charge in [0.05, 0.1) is 32.7 Å².